The third-order valence-electron chi connectivity index (χ3n) is 7.61. The van der Waals surface area contributed by atoms with E-state index in [4.69, 9.17) is 4.99 Å². The normalized spacial score (nSPS) is 25.3. The number of hydrogen-bond donors (Lipinski definition) is 1. The Morgan fingerprint density at radius 2 is 1.97 bits per heavy atom. The van der Waals surface area contributed by atoms with E-state index in [9.17, 15) is 0 Å². The second-order valence-corrected chi connectivity index (χ2v) is 9.40. The lowest BCUT2D eigenvalue weighted by Crippen LogP contribution is -2.46. The standard InChI is InChI=1S/C22H39N7/c1-4-28-13-8-9-19(28)15-23-21(24-16-20-26-25-18(2)27(20)3)29-14-12-22(17-29)10-6-5-7-11-22/h19H,4-17H2,1-3H3,(H,23,24). The van der Waals surface area contributed by atoms with Gasteiger partial charge < -0.3 is 14.8 Å². The summed E-state index contributed by atoms with van der Waals surface area (Å²) in [5, 5.41) is 12.3. The van der Waals surface area contributed by atoms with Gasteiger partial charge in [-0.15, -0.1) is 10.2 Å². The van der Waals surface area contributed by atoms with Gasteiger partial charge in [-0.3, -0.25) is 4.90 Å². The molecule has 0 bridgehead atoms. The monoisotopic (exact) mass is 401 g/mol. The molecule has 4 rings (SSSR count). The zero-order valence-electron chi connectivity index (χ0n) is 18.7. The number of rotatable bonds is 5. The maximum Gasteiger partial charge on any atom is 0.194 e. The lowest BCUT2D eigenvalue weighted by atomic mass is 9.73. The molecular formula is C22H39N7. The van der Waals surface area contributed by atoms with Crippen LogP contribution in [0.2, 0.25) is 0 Å². The zero-order valence-corrected chi connectivity index (χ0v) is 18.7. The van der Waals surface area contributed by atoms with E-state index in [0.29, 0.717) is 18.0 Å². The fourth-order valence-corrected chi connectivity index (χ4v) is 5.58. The Bertz CT molecular complexity index is 704. The van der Waals surface area contributed by atoms with Crippen molar-refractivity contribution in [3.63, 3.8) is 0 Å². The van der Waals surface area contributed by atoms with Gasteiger partial charge in [0.15, 0.2) is 11.8 Å². The lowest BCUT2D eigenvalue weighted by Gasteiger charge is -2.34. The first kappa shape index (κ1) is 20.6. The van der Waals surface area contributed by atoms with Crippen LogP contribution in [0, 0.1) is 12.3 Å². The third-order valence-corrected chi connectivity index (χ3v) is 7.61. The Labute approximate surface area is 176 Å². The van der Waals surface area contributed by atoms with Crippen LogP contribution in [-0.4, -0.2) is 69.3 Å². The minimum absolute atomic E-state index is 0.533. The van der Waals surface area contributed by atoms with E-state index in [2.05, 4.69) is 32.2 Å². The van der Waals surface area contributed by atoms with E-state index in [1.807, 2.05) is 18.5 Å². The van der Waals surface area contributed by atoms with Crippen molar-refractivity contribution in [2.75, 3.05) is 32.7 Å². The van der Waals surface area contributed by atoms with E-state index in [0.717, 1.165) is 37.2 Å². The number of aliphatic imine (C=N–C) groups is 1. The summed E-state index contributed by atoms with van der Waals surface area (Å²) in [6.07, 6.45) is 10.9. The Kier molecular flexibility index (Phi) is 6.42. The second kappa shape index (κ2) is 9.02. The number of aromatic nitrogens is 3. The van der Waals surface area contributed by atoms with Gasteiger partial charge in [-0.1, -0.05) is 26.2 Å². The molecule has 3 heterocycles. The van der Waals surface area contributed by atoms with Crippen LogP contribution < -0.4 is 5.32 Å². The van der Waals surface area contributed by atoms with Crippen molar-refractivity contribution in [2.45, 2.75) is 77.8 Å². The van der Waals surface area contributed by atoms with Crippen molar-refractivity contribution in [1.82, 2.24) is 29.9 Å². The van der Waals surface area contributed by atoms with Crippen molar-refractivity contribution in [3.8, 4) is 0 Å². The van der Waals surface area contributed by atoms with Gasteiger partial charge in [0.2, 0.25) is 0 Å². The van der Waals surface area contributed by atoms with Gasteiger partial charge in [0.05, 0.1) is 0 Å². The number of hydrogen-bond acceptors (Lipinski definition) is 4. The van der Waals surface area contributed by atoms with Crippen molar-refractivity contribution < 1.29 is 0 Å². The maximum atomic E-state index is 5.03. The van der Waals surface area contributed by atoms with E-state index in [1.165, 1.54) is 64.5 Å². The van der Waals surface area contributed by atoms with Gasteiger partial charge in [0, 0.05) is 32.7 Å². The Morgan fingerprint density at radius 1 is 1.14 bits per heavy atom. The van der Waals surface area contributed by atoms with Gasteiger partial charge in [0.1, 0.15) is 12.4 Å². The molecule has 1 aliphatic carbocycles. The van der Waals surface area contributed by atoms with Gasteiger partial charge in [-0.2, -0.15) is 0 Å². The molecule has 29 heavy (non-hydrogen) atoms. The number of aryl methyl sites for hydroxylation is 1. The molecule has 1 spiro atoms. The molecule has 0 radical (unpaired) electrons. The maximum absolute atomic E-state index is 5.03. The highest BCUT2D eigenvalue weighted by molar-refractivity contribution is 5.80. The highest BCUT2D eigenvalue weighted by atomic mass is 15.3. The summed E-state index contributed by atoms with van der Waals surface area (Å²) in [5.41, 5.74) is 0.533. The first-order valence-electron chi connectivity index (χ1n) is 11.7. The van der Waals surface area contributed by atoms with Gasteiger partial charge in [-0.05, 0) is 57.5 Å². The fraction of sp³-hybridized carbons (Fsp3) is 0.864. The summed E-state index contributed by atoms with van der Waals surface area (Å²) < 4.78 is 2.05. The quantitative estimate of drug-likeness (QED) is 0.607. The highest BCUT2D eigenvalue weighted by Gasteiger charge is 2.40. The molecule has 1 N–H and O–H groups in total. The Hall–Kier alpha value is -1.63. The summed E-state index contributed by atoms with van der Waals surface area (Å²) in [4.78, 5) is 10.2. The number of nitrogens with one attached hydrogen (secondary N) is 1. The average Bonchev–Trinajstić information content (AvgIpc) is 3.44. The largest absolute Gasteiger partial charge is 0.355 e. The first-order valence-corrected chi connectivity index (χ1v) is 11.7. The minimum atomic E-state index is 0.533. The molecule has 2 aliphatic heterocycles. The fourth-order valence-electron chi connectivity index (χ4n) is 5.58. The van der Waals surface area contributed by atoms with Crippen LogP contribution in [-0.2, 0) is 13.6 Å². The molecule has 1 aromatic rings. The predicted molar refractivity (Wildman–Crippen MR) is 117 cm³/mol. The van der Waals surface area contributed by atoms with Gasteiger partial charge >= 0.3 is 0 Å². The first-order chi connectivity index (χ1) is 14.1. The summed E-state index contributed by atoms with van der Waals surface area (Å²) in [5.74, 6) is 2.96. The molecule has 1 atom stereocenters. The van der Waals surface area contributed by atoms with Gasteiger partial charge in [-0.25, -0.2) is 4.99 Å². The number of likely N-dealkylation sites (tertiary alicyclic amines) is 2. The Morgan fingerprint density at radius 3 is 2.69 bits per heavy atom. The van der Waals surface area contributed by atoms with Crippen LogP contribution >= 0.6 is 0 Å². The highest BCUT2D eigenvalue weighted by Crippen LogP contribution is 2.43. The van der Waals surface area contributed by atoms with E-state index in [1.54, 1.807) is 0 Å². The van der Waals surface area contributed by atoms with Crippen molar-refractivity contribution in [2.24, 2.45) is 17.5 Å². The van der Waals surface area contributed by atoms with Crippen LogP contribution in [0.3, 0.4) is 0 Å². The van der Waals surface area contributed by atoms with Crippen LogP contribution in [0.1, 0.15) is 69.9 Å². The van der Waals surface area contributed by atoms with Crippen LogP contribution in [0.15, 0.2) is 4.99 Å². The van der Waals surface area contributed by atoms with Crippen molar-refractivity contribution in [3.05, 3.63) is 11.6 Å². The molecule has 7 heteroatoms. The predicted octanol–water partition coefficient (Wildman–Crippen LogP) is 2.71. The summed E-state index contributed by atoms with van der Waals surface area (Å²) in [6.45, 7) is 10.5. The molecule has 162 valence electrons. The molecular weight excluding hydrogens is 362 g/mol. The average molecular weight is 402 g/mol. The summed E-state index contributed by atoms with van der Waals surface area (Å²) in [7, 11) is 2.03. The van der Waals surface area contributed by atoms with Crippen LogP contribution in [0.5, 0.6) is 0 Å². The Balaban J connectivity index is 1.46. The summed E-state index contributed by atoms with van der Waals surface area (Å²) >= 11 is 0. The molecule has 0 amide bonds. The molecule has 2 saturated heterocycles. The molecule has 3 fully saturated rings. The van der Waals surface area contributed by atoms with Crippen molar-refractivity contribution in [1.29, 1.82) is 0 Å². The lowest BCUT2D eigenvalue weighted by molar-refractivity contribution is 0.203. The summed E-state index contributed by atoms with van der Waals surface area (Å²) in [6, 6.07) is 0.633. The van der Waals surface area contributed by atoms with E-state index < -0.39 is 0 Å². The number of likely N-dealkylation sites (N-methyl/N-ethyl adjacent to an activating group) is 1. The minimum Gasteiger partial charge on any atom is -0.355 e. The second-order valence-electron chi connectivity index (χ2n) is 9.40. The van der Waals surface area contributed by atoms with Crippen molar-refractivity contribution >= 4 is 5.96 Å². The number of guanidine groups is 1. The molecule has 0 aromatic carbocycles. The van der Waals surface area contributed by atoms with E-state index in [-0.39, 0.29) is 0 Å². The van der Waals surface area contributed by atoms with Gasteiger partial charge in [0.25, 0.3) is 0 Å². The molecule has 7 nitrogen and oxygen atoms in total. The van der Waals surface area contributed by atoms with E-state index >= 15 is 0 Å². The smallest absolute Gasteiger partial charge is 0.194 e. The number of nitrogens with zero attached hydrogens (tertiary/aromatic N) is 6. The third kappa shape index (κ3) is 4.60. The topological polar surface area (TPSA) is 61.6 Å². The SMILES string of the molecule is CCN1CCCC1CNC(=NCc1nnc(C)n1C)N1CCC2(CCCCC2)C1. The molecule has 3 aliphatic rings. The zero-order chi connectivity index (χ0) is 20.3. The molecule has 1 aromatic heterocycles. The van der Waals surface area contributed by atoms with Crippen LogP contribution in [0.4, 0.5) is 0 Å². The molecule has 1 saturated carbocycles. The van der Waals surface area contributed by atoms with Crippen LogP contribution in [0.25, 0.3) is 0 Å². The molecule has 1 unspecified atom stereocenters.